The maximum absolute atomic E-state index is 12.6. The summed E-state index contributed by atoms with van der Waals surface area (Å²) < 4.78 is 0. The van der Waals surface area contributed by atoms with Gasteiger partial charge in [-0.1, -0.05) is 44.5 Å². The van der Waals surface area contributed by atoms with Gasteiger partial charge in [-0.15, -0.1) is 0 Å². The highest BCUT2D eigenvalue weighted by atomic mass is 35.5. The van der Waals surface area contributed by atoms with Gasteiger partial charge in [0.1, 0.15) is 0 Å². The number of benzene rings is 1. The Morgan fingerprint density at radius 3 is 2.64 bits per heavy atom. The van der Waals surface area contributed by atoms with E-state index >= 15 is 0 Å². The van der Waals surface area contributed by atoms with Gasteiger partial charge >= 0.3 is 6.03 Å². The van der Waals surface area contributed by atoms with E-state index in [0.717, 1.165) is 30.0 Å². The summed E-state index contributed by atoms with van der Waals surface area (Å²) in [5, 5.41) is 3.78. The Morgan fingerprint density at radius 2 is 1.95 bits per heavy atom. The minimum atomic E-state index is 0.0707. The van der Waals surface area contributed by atoms with Crippen LogP contribution in [0.15, 0.2) is 24.3 Å². The zero-order valence-electron chi connectivity index (χ0n) is 13.7. The van der Waals surface area contributed by atoms with Crippen LogP contribution in [0.3, 0.4) is 0 Å². The summed E-state index contributed by atoms with van der Waals surface area (Å²) in [6, 6.07) is 8.08. The molecule has 2 unspecified atom stereocenters. The first-order chi connectivity index (χ1) is 10.3. The third-order valence-corrected chi connectivity index (χ3v) is 5.28. The monoisotopic (exact) mass is 320 g/mol. The molecule has 2 bridgehead atoms. The first kappa shape index (κ1) is 15.7. The fourth-order valence-corrected chi connectivity index (χ4v) is 4.70. The van der Waals surface area contributed by atoms with Gasteiger partial charge < -0.3 is 10.2 Å². The number of carbonyl (C=O) groups is 1. The number of urea groups is 1. The molecule has 0 spiro atoms. The predicted molar refractivity (Wildman–Crippen MR) is 89.9 cm³/mol. The molecule has 0 radical (unpaired) electrons. The first-order valence-electron chi connectivity index (χ1n) is 8.05. The van der Waals surface area contributed by atoms with Crippen molar-refractivity contribution in [2.24, 2.45) is 10.8 Å². The number of hydrogen-bond acceptors (Lipinski definition) is 1. The van der Waals surface area contributed by atoms with Crippen LogP contribution in [0.1, 0.15) is 45.6 Å². The van der Waals surface area contributed by atoms with E-state index in [9.17, 15) is 4.79 Å². The van der Waals surface area contributed by atoms with Crippen LogP contribution in [-0.2, 0) is 6.54 Å². The number of halogens is 1. The molecule has 3 nitrogen and oxygen atoms in total. The highest BCUT2D eigenvalue weighted by Crippen LogP contribution is 2.52. The third-order valence-electron chi connectivity index (χ3n) is 5.03. The van der Waals surface area contributed by atoms with Crippen molar-refractivity contribution in [2.75, 3.05) is 6.54 Å². The van der Waals surface area contributed by atoms with Crippen molar-refractivity contribution < 1.29 is 4.79 Å². The zero-order valence-corrected chi connectivity index (χ0v) is 14.4. The van der Waals surface area contributed by atoms with E-state index in [1.165, 1.54) is 6.42 Å². The molecule has 0 aromatic heterocycles. The van der Waals surface area contributed by atoms with Crippen LogP contribution >= 0.6 is 11.6 Å². The lowest BCUT2D eigenvalue weighted by Gasteiger charge is -2.39. The van der Waals surface area contributed by atoms with Crippen molar-refractivity contribution in [3.8, 4) is 0 Å². The van der Waals surface area contributed by atoms with Gasteiger partial charge in [-0.2, -0.15) is 0 Å². The first-order valence-corrected chi connectivity index (χ1v) is 8.43. The third kappa shape index (κ3) is 3.24. The molecular formula is C18H25ClN2O. The summed E-state index contributed by atoms with van der Waals surface area (Å²) in [5.74, 6) is 0. The molecule has 1 saturated heterocycles. The number of amides is 2. The number of likely N-dealkylation sites (tertiary alicyclic amines) is 1. The highest BCUT2D eigenvalue weighted by Gasteiger charge is 2.50. The van der Waals surface area contributed by atoms with Gasteiger partial charge in [-0.25, -0.2) is 4.79 Å². The number of rotatable bonds is 2. The number of nitrogens with zero attached hydrogens (tertiary/aromatic N) is 1. The lowest BCUT2D eigenvalue weighted by atomic mass is 9.65. The van der Waals surface area contributed by atoms with Crippen LogP contribution in [0, 0.1) is 10.8 Å². The number of carbonyl (C=O) groups excluding carboxylic acids is 1. The summed E-state index contributed by atoms with van der Waals surface area (Å²) in [6.07, 6.45) is 3.46. The SMILES string of the molecule is CC1(C)CC2CC(C)(CN2C(=O)NCc2ccc(Cl)cc2)C1. The van der Waals surface area contributed by atoms with Crippen LogP contribution in [0.2, 0.25) is 5.02 Å². The average Bonchev–Trinajstić information content (AvgIpc) is 2.67. The van der Waals surface area contributed by atoms with Gasteiger partial charge in [0.15, 0.2) is 0 Å². The smallest absolute Gasteiger partial charge is 0.317 e. The summed E-state index contributed by atoms with van der Waals surface area (Å²) >= 11 is 5.89. The molecule has 2 amide bonds. The highest BCUT2D eigenvalue weighted by molar-refractivity contribution is 6.30. The fourth-order valence-electron chi connectivity index (χ4n) is 4.58. The Morgan fingerprint density at radius 1 is 1.27 bits per heavy atom. The number of nitrogens with one attached hydrogen (secondary N) is 1. The maximum atomic E-state index is 12.6. The largest absolute Gasteiger partial charge is 0.334 e. The molecule has 3 rings (SSSR count). The molecule has 1 aromatic rings. The van der Waals surface area contributed by atoms with Crippen molar-refractivity contribution in [3.05, 3.63) is 34.9 Å². The van der Waals surface area contributed by atoms with Gasteiger partial charge in [0.05, 0.1) is 0 Å². The van der Waals surface area contributed by atoms with E-state index in [1.54, 1.807) is 0 Å². The lowest BCUT2D eigenvalue weighted by Crippen LogP contribution is -2.43. The Kier molecular flexibility index (Phi) is 3.88. The van der Waals surface area contributed by atoms with Crippen LogP contribution in [-0.4, -0.2) is 23.5 Å². The molecule has 1 N–H and O–H groups in total. The molecule has 1 aliphatic carbocycles. The zero-order chi connectivity index (χ0) is 16.0. The second-order valence-electron chi connectivity index (χ2n) is 8.13. The van der Waals surface area contributed by atoms with Crippen molar-refractivity contribution in [1.82, 2.24) is 10.2 Å². The molecule has 120 valence electrons. The summed E-state index contributed by atoms with van der Waals surface area (Å²) in [6.45, 7) is 8.42. The second kappa shape index (κ2) is 5.45. The Bertz CT molecular complexity index is 569. The van der Waals surface area contributed by atoms with Gasteiger partial charge in [-0.3, -0.25) is 0 Å². The van der Waals surface area contributed by atoms with Crippen LogP contribution in [0.25, 0.3) is 0 Å². The number of hydrogen-bond donors (Lipinski definition) is 1. The molecule has 2 atom stereocenters. The average molecular weight is 321 g/mol. The fraction of sp³-hybridized carbons (Fsp3) is 0.611. The Hall–Kier alpha value is -1.22. The molecule has 4 heteroatoms. The van der Waals surface area contributed by atoms with Gasteiger partial charge in [0.25, 0.3) is 0 Å². The molecule has 1 aromatic carbocycles. The molecule has 1 saturated carbocycles. The summed E-state index contributed by atoms with van der Waals surface area (Å²) in [5.41, 5.74) is 1.69. The van der Waals surface area contributed by atoms with E-state index < -0.39 is 0 Å². The van der Waals surface area contributed by atoms with Gasteiger partial charge in [0, 0.05) is 24.2 Å². The van der Waals surface area contributed by atoms with E-state index in [2.05, 4.69) is 31.0 Å². The van der Waals surface area contributed by atoms with Crippen molar-refractivity contribution in [3.63, 3.8) is 0 Å². The normalized spacial score (nSPS) is 29.5. The maximum Gasteiger partial charge on any atom is 0.317 e. The standard InChI is InChI=1S/C18H25ClN2O/c1-17(2)8-15-9-18(3,11-17)12-21(15)16(22)20-10-13-4-6-14(19)7-5-13/h4-7,15H,8-12H2,1-3H3,(H,20,22). The molecule has 22 heavy (non-hydrogen) atoms. The topological polar surface area (TPSA) is 32.3 Å². The molecule has 1 heterocycles. The quantitative estimate of drug-likeness (QED) is 0.857. The minimum absolute atomic E-state index is 0.0707. The van der Waals surface area contributed by atoms with E-state index in [-0.39, 0.29) is 11.4 Å². The summed E-state index contributed by atoms with van der Waals surface area (Å²) in [4.78, 5) is 14.6. The van der Waals surface area contributed by atoms with Crippen LogP contribution < -0.4 is 5.32 Å². The second-order valence-corrected chi connectivity index (χ2v) is 8.56. The molecule has 2 fully saturated rings. The molecular weight excluding hydrogens is 296 g/mol. The lowest BCUT2D eigenvalue weighted by molar-refractivity contribution is 0.129. The van der Waals surface area contributed by atoms with Crippen molar-refractivity contribution >= 4 is 17.6 Å². The molecule has 2 aliphatic rings. The Balaban J connectivity index is 1.62. The van der Waals surface area contributed by atoms with Crippen molar-refractivity contribution in [1.29, 1.82) is 0 Å². The minimum Gasteiger partial charge on any atom is -0.334 e. The Labute approximate surface area is 138 Å². The van der Waals surface area contributed by atoms with Gasteiger partial charge in [0.2, 0.25) is 0 Å². The number of fused-ring (bicyclic) bond motifs is 2. The predicted octanol–water partition coefficient (Wildman–Crippen LogP) is 4.45. The van der Waals surface area contributed by atoms with E-state index in [4.69, 9.17) is 11.6 Å². The molecule has 1 aliphatic heterocycles. The van der Waals surface area contributed by atoms with Crippen LogP contribution in [0.4, 0.5) is 4.79 Å². The van der Waals surface area contributed by atoms with E-state index in [0.29, 0.717) is 18.0 Å². The van der Waals surface area contributed by atoms with Crippen LogP contribution in [0.5, 0.6) is 0 Å². The van der Waals surface area contributed by atoms with Crippen molar-refractivity contribution in [2.45, 2.75) is 52.6 Å². The van der Waals surface area contributed by atoms with E-state index in [1.807, 2.05) is 24.3 Å². The summed E-state index contributed by atoms with van der Waals surface area (Å²) in [7, 11) is 0. The van der Waals surface area contributed by atoms with Gasteiger partial charge in [-0.05, 0) is 47.8 Å².